The molecule has 62 valence electrons. The van der Waals surface area contributed by atoms with Gasteiger partial charge in [-0.25, -0.2) is 0 Å². The summed E-state index contributed by atoms with van der Waals surface area (Å²) in [6, 6.07) is 0. The van der Waals surface area contributed by atoms with Gasteiger partial charge in [0.15, 0.2) is 0 Å². The van der Waals surface area contributed by atoms with Crippen molar-refractivity contribution >= 4 is 5.78 Å². The van der Waals surface area contributed by atoms with E-state index in [0.29, 0.717) is 5.78 Å². The molecule has 1 fully saturated rings. The highest BCUT2D eigenvalue weighted by molar-refractivity contribution is 5.85. The number of ketones is 1. The Hall–Kier alpha value is -0.590. The van der Waals surface area contributed by atoms with Gasteiger partial charge in [0.25, 0.3) is 0 Å². The number of carbonyl (C=O) groups is 1. The molecule has 0 spiro atoms. The Kier molecular flexibility index (Phi) is 2.17. The number of hydrogen-bond donors (Lipinski definition) is 0. The molecule has 0 aromatic rings. The zero-order chi connectivity index (χ0) is 8.48. The summed E-state index contributed by atoms with van der Waals surface area (Å²) in [6.07, 6.45) is 5.78. The fourth-order valence-corrected chi connectivity index (χ4v) is 1.79. The van der Waals surface area contributed by atoms with E-state index >= 15 is 0 Å². The molecule has 0 aromatic carbocycles. The summed E-state index contributed by atoms with van der Waals surface area (Å²) in [6.45, 7) is 6.29. The summed E-state index contributed by atoms with van der Waals surface area (Å²) in [7, 11) is 0. The zero-order valence-electron chi connectivity index (χ0n) is 7.55. The summed E-state index contributed by atoms with van der Waals surface area (Å²) in [5.41, 5.74) is 0.237. The van der Waals surface area contributed by atoms with Crippen molar-refractivity contribution < 1.29 is 4.79 Å². The number of rotatable bonds is 1. The minimum atomic E-state index is 0.204. The van der Waals surface area contributed by atoms with Gasteiger partial charge in [0.05, 0.1) is 0 Å². The van der Waals surface area contributed by atoms with Crippen molar-refractivity contribution in [2.75, 3.05) is 0 Å². The van der Waals surface area contributed by atoms with E-state index in [1.165, 1.54) is 0 Å². The fourth-order valence-electron chi connectivity index (χ4n) is 1.79. The Morgan fingerprint density at radius 1 is 1.55 bits per heavy atom. The summed E-state index contributed by atoms with van der Waals surface area (Å²) in [5, 5.41) is 0. The van der Waals surface area contributed by atoms with Crippen molar-refractivity contribution in [1.29, 1.82) is 0 Å². The van der Waals surface area contributed by atoms with Crippen LogP contribution in [-0.4, -0.2) is 5.78 Å². The lowest BCUT2D eigenvalue weighted by atomic mass is 9.90. The van der Waals surface area contributed by atoms with Crippen LogP contribution in [-0.2, 0) is 4.79 Å². The molecule has 0 N–H and O–H groups in total. The lowest BCUT2D eigenvalue weighted by Crippen LogP contribution is -2.04. The largest absolute Gasteiger partial charge is 0.299 e. The molecule has 1 heteroatoms. The Bertz CT molecular complexity index is 189. The lowest BCUT2D eigenvalue weighted by Gasteiger charge is -2.13. The first kappa shape index (κ1) is 8.51. The Balaban J connectivity index is 2.66. The van der Waals surface area contributed by atoms with Gasteiger partial charge < -0.3 is 0 Å². The molecule has 0 aliphatic heterocycles. The number of allylic oxidation sites excluding steroid dienone is 2. The standard InChI is InChI=1S/C10H16O/c1-4-5-8-6-10(2,3)7-9(8)11/h4-5,8H,6-7H2,1-3H3/b5-4-. The van der Waals surface area contributed by atoms with Gasteiger partial charge in [-0.3, -0.25) is 4.79 Å². The van der Waals surface area contributed by atoms with Crippen molar-refractivity contribution in [3.8, 4) is 0 Å². The molecule has 0 radical (unpaired) electrons. The molecule has 0 saturated heterocycles. The molecule has 11 heavy (non-hydrogen) atoms. The second-order valence-corrected chi connectivity index (χ2v) is 4.14. The van der Waals surface area contributed by atoms with E-state index in [4.69, 9.17) is 0 Å². The van der Waals surface area contributed by atoms with Gasteiger partial charge in [-0.1, -0.05) is 26.0 Å². The van der Waals surface area contributed by atoms with Crippen LogP contribution in [0.2, 0.25) is 0 Å². The first-order chi connectivity index (χ1) is 5.05. The molecule has 1 saturated carbocycles. The summed E-state index contributed by atoms with van der Waals surface area (Å²) in [5.74, 6) is 0.614. The minimum Gasteiger partial charge on any atom is -0.299 e. The molecule has 0 heterocycles. The zero-order valence-corrected chi connectivity index (χ0v) is 7.55. The van der Waals surface area contributed by atoms with Gasteiger partial charge in [-0.2, -0.15) is 0 Å². The van der Waals surface area contributed by atoms with Crippen LogP contribution < -0.4 is 0 Å². The maximum Gasteiger partial charge on any atom is 0.140 e. The Labute approximate surface area is 68.5 Å². The van der Waals surface area contributed by atoms with Gasteiger partial charge >= 0.3 is 0 Å². The highest BCUT2D eigenvalue weighted by Crippen LogP contribution is 2.38. The van der Waals surface area contributed by atoms with Crippen LogP contribution >= 0.6 is 0 Å². The number of carbonyl (C=O) groups excluding carboxylic acids is 1. The van der Waals surface area contributed by atoms with Crippen molar-refractivity contribution in [3.05, 3.63) is 12.2 Å². The van der Waals surface area contributed by atoms with Crippen molar-refractivity contribution in [2.24, 2.45) is 11.3 Å². The van der Waals surface area contributed by atoms with Crippen LogP contribution in [0.25, 0.3) is 0 Å². The third kappa shape index (κ3) is 1.92. The first-order valence-electron chi connectivity index (χ1n) is 4.21. The predicted octanol–water partition coefficient (Wildman–Crippen LogP) is 2.57. The minimum absolute atomic E-state index is 0.204. The molecule has 1 nitrogen and oxygen atoms in total. The monoisotopic (exact) mass is 152 g/mol. The van der Waals surface area contributed by atoms with E-state index in [1.54, 1.807) is 0 Å². The Morgan fingerprint density at radius 3 is 2.55 bits per heavy atom. The smallest absolute Gasteiger partial charge is 0.140 e. The summed E-state index contributed by atoms with van der Waals surface area (Å²) in [4.78, 5) is 11.3. The molecule has 1 aliphatic carbocycles. The van der Waals surface area contributed by atoms with Crippen LogP contribution in [0.3, 0.4) is 0 Å². The normalized spacial score (nSPS) is 30.1. The Morgan fingerprint density at radius 2 is 2.18 bits per heavy atom. The van der Waals surface area contributed by atoms with Crippen molar-refractivity contribution in [3.63, 3.8) is 0 Å². The predicted molar refractivity (Wildman–Crippen MR) is 46.3 cm³/mol. The third-order valence-corrected chi connectivity index (χ3v) is 2.26. The quantitative estimate of drug-likeness (QED) is 0.528. The summed E-state index contributed by atoms with van der Waals surface area (Å²) >= 11 is 0. The highest BCUT2D eigenvalue weighted by Gasteiger charge is 2.35. The van der Waals surface area contributed by atoms with E-state index in [0.717, 1.165) is 12.8 Å². The van der Waals surface area contributed by atoms with Gasteiger partial charge in [0.1, 0.15) is 5.78 Å². The van der Waals surface area contributed by atoms with Crippen LogP contribution in [0.5, 0.6) is 0 Å². The van der Waals surface area contributed by atoms with Gasteiger partial charge in [0.2, 0.25) is 0 Å². The fraction of sp³-hybridized carbons (Fsp3) is 0.700. The second kappa shape index (κ2) is 2.80. The second-order valence-electron chi connectivity index (χ2n) is 4.14. The maximum absolute atomic E-state index is 11.3. The highest BCUT2D eigenvalue weighted by atomic mass is 16.1. The van der Waals surface area contributed by atoms with E-state index < -0.39 is 0 Å². The SMILES string of the molecule is C/C=C\C1CC(C)(C)CC1=O. The molecule has 1 unspecified atom stereocenters. The first-order valence-corrected chi connectivity index (χ1v) is 4.21. The van der Waals surface area contributed by atoms with Crippen LogP contribution in [0.15, 0.2) is 12.2 Å². The van der Waals surface area contributed by atoms with E-state index in [2.05, 4.69) is 13.8 Å². The van der Waals surface area contributed by atoms with Crippen molar-refractivity contribution in [2.45, 2.75) is 33.6 Å². The molecule has 0 aromatic heterocycles. The molecule has 0 bridgehead atoms. The number of hydrogen-bond acceptors (Lipinski definition) is 1. The summed E-state index contributed by atoms with van der Waals surface area (Å²) < 4.78 is 0. The average Bonchev–Trinajstić information content (AvgIpc) is 2.07. The molecule has 1 atom stereocenters. The van der Waals surface area contributed by atoms with Crippen LogP contribution in [0.1, 0.15) is 33.6 Å². The average molecular weight is 152 g/mol. The molecule has 0 amide bonds. The van der Waals surface area contributed by atoms with Gasteiger partial charge in [-0.05, 0) is 18.8 Å². The van der Waals surface area contributed by atoms with Crippen molar-refractivity contribution in [1.82, 2.24) is 0 Å². The van der Waals surface area contributed by atoms with E-state index in [9.17, 15) is 4.79 Å². The van der Waals surface area contributed by atoms with Gasteiger partial charge in [-0.15, -0.1) is 0 Å². The molecule has 1 aliphatic rings. The molecule has 1 rings (SSSR count). The lowest BCUT2D eigenvalue weighted by molar-refractivity contribution is -0.119. The topological polar surface area (TPSA) is 17.1 Å². The molecular weight excluding hydrogens is 136 g/mol. The molecular formula is C10H16O. The van der Waals surface area contributed by atoms with E-state index in [1.807, 2.05) is 19.1 Å². The van der Waals surface area contributed by atoms with Crippen LogP contribution in [0.4, 0.5) is 0 Å². The number of Topliss-reactive ketones (excluding diaryl/α,β-unsaturated/α-hetero) is 1. The van der Waals surface area contributed by atoms with Gasteiger partial charge in [0, 0.05) is 12.3 Å². The third-order valence-electron chi connectivity index (χ3n) is 2.26. The van der Waals surface area contributed by atoms with E-state index in [-0.39, 0.29) is 11.3 Å². The maximum atomic E-state index is 11.3. The van der Waals surface area contributed by atoms with Crippen LogP contribution in [0, 0.1) is 11.3 Å².